The van der Waals surface area contributed by atoms with Crippen LogP contribution < -0.4 is 11.1 Å². The zero-order chi connectivity index (χ0) is 9.97. The molecule has 0 bridgehead atoms. The minimum Gasteiger partial charge on any atom is -0.383 e. The number of nitrogens with one attached hydrogen (secondary N) is 1. The van der Waals surface area contributed by atoms with E-state index >= 15 is 0 Å². The minimum absolute atomic E-state index is 0.628. The van der Waals surface area contributed by atoms with Gasteiger partial charge in [0, 0.05) is 12.7 Å². The standard InChI is InChI=1S/C11H15N3/c1-8-6-10(7-14-11(8)12)9-2-4-13-5-3-9/h2,6-7,13H,3-5H2,1H3,(H2,12,14). The molecule has 0 amide bonds. The van der Waals surface area contributed by atoms with Crippen molar-refractivity contribution >= 4 is 11.4 Å². The highest BCUT2D eigenvalue weighted by molar-refractivity contribution is 5.67. The summed E-state index contributed by atoms with van der Waals surface area (Å²) in [5, 5.41) is 3.29. The number of rotatable bonds is 1. The molecule has 0 aliphatic carbocycles. The molecule has 0 atom stereocenters. The van der Waals surface area contributed by atoms with Crippen molar-refractivity contribution in [2.24, 2.45) is 0 Å². The second-order valence-corrected chi connectivity index (χ2v) is 3.61. The quantitative estimate of drug-likeness (QED) is 0.701. The summed E-state index contributed by atoms with van der Waals surface area (Å²) in [6.07, 6.45) is 5.15. The van der Waals surface area contributed by atoms with Gasteiger partial charge in [-0.15, -0.1) is 0 Å². The molecule has 1 aliphatic rings. The van der Waals surface area contributed by atoms with Crippen molar-refractivity contribution in [3.8, 4) is 0 Å². The van der Waals surface area contributed by atoms with Crippen molar-refractivity contribution in [2.45, 2.75) is 13.3 Å². The van der Waals surface area contributed by atoms with Gasteiger partial charge in [-0.1, -0.05) is 6.08 Å². The smallest absolute Gasteiger partial charge is 0.126 e. The van der Waals surface area contributed by atoms with E-state index in [4.69, 9.17) is 5.73 Å². The van der Waals surface area contributed by atoms with Gasteiger partial charge in [-0.2, -0.15) is 0 Å². The number of aryl methyl sites for hydroxylation is 1. The number of nitrogens with zero attached hydrogens (tertiary/aromatic N) is 1. The lowest BCUT2D eigenvalue weighted by atomic mass is 10.0. The van der Waals surface area contributed by atoms with E-state index in [2.05, 4.69) is 22.4 Å². The lowest BCUT2D eigenvalue weighted by Gasteiger charge is -2.14. The Morgan fingerprint density at radius 3 is 3.00 bits per heavy atom. The van der Waals surface area contributed by atoms with E-state index in [0.717, 1.165) is 25.1 Å². The average molecular weight is 189 g/mol. The molecular formula is C11H15N3. The van der Waals surface area contributed by atoms with E-state index < -0.39 is 0 Å². The van der Waals surface area contributed by atoms with Crippen LogP contribution in [0.15, 0.2) is 18.3 Å². The van der Waals surface area contributed by atoms with Crippen LogP contribution in [0, 0.1) is 6.92 Å². The van der Waals surface area contributed by atoms with E-state index in [1.165, 1.54) is 11.1 Å². The molecule has 1 aromatic rings. The molecule has 0 saturated carbocycles. The number of nitrogens with two attached hydrogens (primary N) is 1. The Morgan fingerprint density at radius 2 is 2.36 bits per heavy atom. The lowest BCUT2D eigenvalue weighted by molar-refractivity contribution is 0.738. The molecule has 2 heterocycles. The largest absolute Gasteiger partial charge is 0.383 e. The van der Waals surface area contributed by atoms with Gasteiger partial charge in [0.15, 0.2) is 0 Å². The highest BCUT2D eigenvalue weighted by Crippen LogP contribution is 2.21. The van der Waals surface area contributed by atoms with Crippen molar-refractivity contribution in [1.29, 1.82) is 0 Å². The summed E-state index contributed by atoms with van der Waals surface area (Å²) in [4.78, 5) is 4.17. The average Bonchev–Trinajstić information content (AvgIpc) is 2.23. The number of pyridine rings is 1. The maximum absolute atomic E-state index is 5.68. The number of hydrogen-bond acceptors (Lipinski definition) is 3. The zero-order valence-corrected chi connectivity index (χ0v) is 8.38. The van der Waals surface area contributed by atoms with Crippen LogP contribution in [0.2, 0.25) is 0 Å². The third kappa shape index (κ3) is 1.77. The van der Waals surface area contributed by atoms with E-state index in [-0.39, 0.29) is 0 Å². The summed E-state index contributed by atoms with van der Waals surface area (Å²) in [6, 6.07) is 2.11. The molecule has 2 rings (SSSR count). The molecule has 3 heteroatoms. The van der Waals surface area contributed by atoms with Crippen LogP contribution in [0.5, 0.6) is 0 Å². The molecule has 14 heavy (non-hydrogen) atoms. The van der Waals surface area contributed by atoms with Gasteiger partial charge in [0.25, 0.3) is 0 Å². The summed E-state index contributed by atoms with van der Waals surface area (Å²) < 4.78 is 0. The normalized spacial score (nSPS) is 16.5. The monoisotopic (exact) mass is 189 g/mol. The highest BCUT2D eigenvalue weighted by Gasteiger charge is 2.06. The third-order valence-electron chi connectivity index (χ3n) is 2.55. The second kappa shape index (κ2) is 3.80. The van der Waals surface area contributed by atoms with Gasteiger partial charge in [0.05, 0.1) is 0 Å². The summed E-state index contributed by atoms with van der Waals surface area (Å²) in [6.45, 7) is 4.00. The van der Waals surface area contributed by atoms with Crippen LogP contribution in [0.4, 0.5) is 5.82 Å². The fraction of sp³-hybridized carbons (Fsp3) is 0.364. The van der Waals surface area contributed by atoms with Gasteiger partial charge in [-0.05, 0) is 42.7 Å². The van der Waals surface area contributed by atoms with Crippen molar-refractivity contribution in [3.63, 3.8) is 0 Å². The SMILES string of the molecule is Cc1cc(C2=CCNCC2)cnc1N. The number of hydrogen-bond donors (Lipinski definition) is 2. The van der Waals surface area contributed by atoms with Crippen molar-refractivity contribution in [1.82, 2.24) is 10.3 Å². The molecule has 0 unspecified atom stereocenters. The molecule has 3 N–H and O–H groups in total. The first kappa shape index (κ1) is 9.21. The lowest BCUT2D eigenvalue weighted by Crippen LogP contribution is -2.20. The first-order valence-electron chi connectivity index (χ1n) is 4.89. The van der Waals surface area contributed by atoms with Crippen LogP contribution >= 0.6 is 0 Å². The Balaban J connectivity index is 2.32. The molecule has 1 aliphatic heterocycles. The molecule has 0 spiro atoms. The molecule has 0 fully saturated rings. The van der Waals surface area contributed by atoms with Crippen LogP contribution in [0.25, 0.3) is 5.57 Å². The Labute approximate surface area is 84.0 Å². The molecule has 0 aromatic carbocycles. The zero-order valence-electron chi connectivity index (χ0n) is 8.38. The van der Waals surface area contributed by atoms with Gasteiger partial charge < -0.3 is 11.1 Å². The van der Waals surface area contributed by atoms with E-state index in [9.17, 15) is 0 Å². The molecule has 3 nitrogen and oxygen atoms in total. The van der Waals surface area contributed by atoms with Gasteiger partial charge in [0.2, 0.25) is 0 Å². The van der Waals surface area contributed by atoms with Crippen LogP contribution in [0.3, 0.4) is 0 Å². The third-order valence-corrected chi connectivity index (χ3v) is 2.55. The number of nitrogen functional groups attached to an aromatic ring is 1. The predicted octanol–water partition coefficient (Wildman–Crippen LogP) is 1.35. The molecular weight excluding hydrogens is 174 g/mol. The molecule has 1 aromatic heterocycles. The summed E-state index contributed by atoms with van der Waals surface area (Å²) in [5.74, 6) is 0.628. The molecule has 0 radical (unpaired) electrons. The summed E-state index contributed by atoms with van der Waals surface area (Å²) in [5.41, 5.74) is 9.31. The van der Waals surface area contributed by atoms with Gasteiger partial charge in [-0.25, -0.2) is 4.98 Å². The first-order chi connectivity index (χ1) is 6.77. The summed E-state index contributed by atoms with van der Waals surface area (Å²) >= 11 is 0. The van der Waals surface area contributed by atoms with E-state index in [0.29, 0.717) is 5.82 Å². The second-order valence-electron chi connectivity index (χ2n) is 3.61. The van der Waals surface area contributed by atoms with Crippen molar-refractivity contribution in [3.05, 3.63) is 29.5 Å². The van der Waals surface area contributed by atoms with E-state index in [1.54, 1.807) is 0 Å². The van der Waals surface area contributed by atoms with Crippen LogP contribution in [-0.2, 0) is 0 Å². The predicted molar refractivity (Wildman–Crippen MR) is 58.9 cm³/mol. The van der Waals surface area contributed by atoms with Crippen molar-refractivity contribution < 1.29 is 0 Å². The maximum atomic E-state index is 5.68. The van der Waals surface area contributed by atoms with Crippen LogP contribution in [-0.4, -0.2) is 18.1 Å². The van der Waals surface area contributed by atoms with Crippen LogP contribution in [0.1, 0.15) is 17.5 Å². The topological polar surface area (TPSA) is 50.9 Å². The molecule has 0 saturated heterocycles. The fourth-order valence-corrected chi connectivity index (χ4v) is 1.65. The van der Waals surface area contributed by atoms with Gasteiger partial charge in [-0.3, -0.25) is 0 Å². The first-order valence-corrected chi connectivity index (χ1v) is 4.89. The fourth-order valence-electron chi connectivity index (χ4n) is 1.65. The number of aromatic nitrogens is 1. The van der Waals surface area contributed by atoms with E-state index in [1.807, 2.05) is 13.1 Å². The Bertz CT molecular complexity index is 369. The maximum Gasteiger partial charge on any atom is 0.126 e. The minimum atomic E-state index is 0.628. The van der Waals surface area contributed by atoms with Gasteiger partial charge >= 0.3 is 0 Å². The Kier molecular flexibility index (Phi) is 2.50. The highest BCUT2D eigenvalue weighted by atomic mass is 14.9. The van der Waals surface area contributed by atoms with Gasteiger partial charge in [0.1, 0.15) is 5.82 Å². The Morgan fingerprint density at radius 1 is 1.50 bits per heavy atom. The summed E-state index contributed by atoms with van der Waals surface area (Å²) in [7, 11) is 0. The van der Waals surface area contributed by atoms with Crippen molar-refractivity contribution in [2.75, 3.05) is 18.8 Å². The number of anilines is 1. The molecule has 74 valence electrons. The Hall–Kier alpha value is -1.35.